The predicted molar refractivity (Wildman–Crippen MR) is 109 cm³/mol. The van der Waals surface area contributed by atoms with Gasteiger partial charge in [-0.15, -0.1) is 11.8 Å². The smallest absolute Gasteiger partial charge is 0.252 e. The fourth-order valence-electron chi connectivity index (χ4n) is 2.13. The Balaban J connectivity index is 1.98. The van der Waals surface area contributed by atoms with E-state index >= 15 is 0 Å². The van der Waals surface area contributed by atoms with E-state index in [1.54, 1.807) is 30.3 Å². The molecular weight excluding hydrogens is 391 g/mol. The van der Waals surface area contributed by atoms with Crippen molar-refractivity contribution < 1.29 is 9.59 Å². The quantitative estimate of drug-likeness (QED) is 0.612. The number of carbonyl (C=O) groups excluding carboxylic acids is 2. The van der Waals surface area contributed by atoms with Gasteiger partial charge < -0.3 is 10.6 Å². The molecule has 0 saturated heterocycles. The summed E-state index contributed by atoms with van der Waals surface area (Å²) < 4.78 is 0. The lowest BCUT2D eigenvalue weighted by Crippen LogP contribution is -2.25. The zero-order chi connectivity index (χ0) is 19.1. The Labute approximate surface area is 167 Å². The number of hydrogen-bond donors (Lipinski definition) is 2. The molecule has 4 nitrogen and oxygen atoms in total. The SMILES string of the molecule is CCCNC(=O)c1ccc(NC(=O)C(C)Sc2ccc(Cl)cc2)cc1Cl. The maximum Gasteiger partial charge on any atom is 0.252 e. The Morgan fingerprint density at radius 3 is 2.42 bits per heavy atom. The van der Waals surface area contributed by atoms with Crippen LogP contribution in [0.2, 0.25) is 10.0 Å². The van der Waals surface area contributed by atoms with Crippen molar-refractivity contribution in [2.24, 2.45) is 0 Å². The van der Waals surface area contributed by atoms with Crippen LogP contribution in [0.5, 0.6) is 0 Å². The average molecular weight is 411 g/mol. The number of benzene rings is 2. The van der Waals surface area contributed by atoms with Crippen LogP contribution in [0, 0.1) is 0 Å². The molecule has 138 valence electrons. The van der Waals surface area contributed by atoms with Crippen molar-refractivity contribution >= 4 is 52.5 Å². The molecule has 0 bridgehead atoms. The van der Waals surface area contributed by atoms with Crippen LogP contribution in [0.15, 0.2) is 47.4 Å². The summed E-state index contributed by atoms with van der Waals surface area (Å²) in [6.07, 6.45) is 0.848. The Kier molecular flexibility index (Phi) is 7.82. The molecule has 1 unspecified atom stereocenters. The topological polar surface area (TPSA) is 58.2 Å². The minimum absolute atomic E-state index is 0.149. The summed E-state index contributed by atoms with van der Waals surface area (Å²) in [6, 6.07) is 12.2. The second-order valence-corrected chi connectivity index (χ2v) is 7.91. The molecule has 0 aliphatic rings. The average Bonchev–Trinajstić information content (AvgIpc) is 2.61. The number of hydrogen-bond acceptors (Lipinski definition) is 3. The number of nitrogens with one attached hydrogen (secondary N) is 2. The van der Waals surface area contributed by atoms with Crippen molar-refractivity contribution in [2.45, 2.75) is 30.4 Å². The highest BCUT2D eigenvalue weighted by Gasteiger charge is 2.16. The van der Waals surface area contributed by atoms with Gasteiger partial charge in [0.05, 0.1) is 15.8 Å². The van der Waals surface area contributed by atoms with E-state index in [9.17, 15) is 9.59 Å². The van der Waals surface area contributed by atoms with E-state index in [0.29, 0.717) is 27.8 Å². The second-order valence-electron chi connectivity index (χ2n) is 5.65. The van der Waals surface area contributed by atoms with E-state index in [-0.39, 0.29) is 17.1 Å². The molecule has 26 heavy (non-hydrogen) atoms. The van der Waals surface area contributed by atoms with Gasteiger partial charge in [-0.3, -0.25) is 9.59 Å². The maximum atomic E-state index is 12.4. The van der Waals surface area contributed by atoms with Crippen molar-refractivity contribution in [3.63, 3.8) is 0 Å². The first-order valence-corrected chi connectivity index (χ1v) is 9.85. The van der Waals surface area contributed by atoms with Crippen LogP contribution < -0.4 is 10.6 Å². The molecule has 0 fully saturated rings. The lowest BCUT2D eigenvalue weighted by atomic mass is 10.2. The molecule has 0 saturated carbocycles. The van der Waals surface area contributed by atoms with Crippen LogP contribution in [0.25, 0.3) is 0 Å². The van der Waals surface area contributed by atoms with E-state index in [1.165, 1.54) is 11.8 Å². The number of halogens is 2. The summed E-state index contributed by atoms with van der Waals surface area (Å²) in [6.45, 7) is 4.39. The van der Waals surface area contributed by atoms with Gasteiger partial charge in [0.2, 0.25) is 5.91 Å². The van der Waals surface area contributed by atoms with E-state index in [1.807, 2.05) is 26.0 Å². The van der Waals surface area contributed by atoms with Gasteiger partial charge in [0.1, 0.15) is 0 Å². The van der Waals surface area contributed by atoms with Crippen LogP contribution in [0.3, 0.4) is 0 Å². The zero-order valence-electron chi connectivity index (χ0n) is 14.5. The molecule has 2 aromatic carbocycles. The molecule has 2 aromatic rings. The molecule has 0 aliphatic heterocycles. The zero-order valence-corrected chi connectivity index (χ0v) is 16.8. The van der Waals surface area contributed by atoms with Gasteiger partial charge in [-0.2, -0.15) is 0 Å². The van der Waals surface area contributed by atoms with Gasteiger partial charge >= 0.3 is 0 Å². The second kappa shape index (κ2) is 9.86. The lowest BCUT2D eigenvalue weighted by Gasteiger charge is -2.13. The van der Waals surface area contributed by atoms with Gasteiger partial charge in [0, 0.05) is 22.2 Å². The van der Waals surface area contributed by atoms with E-state index < -0.39 is 0 Å². The normalized spacial score (nSPS) is 11.7. The van der Waals surface area contributed by atoms with Gasteiger partial charge in [-0.05, 0) is 55.8 Å². The molecule has 1 atom stereocenters. The van der Waals surface area contributed by atoms with E-state index in [0.717, 1.165) is 11.3 Å². The van der Waals surface area contributed by atoms with Crippen molar-refractivity contribution in [1.29, 1.82) is 0 Å². The highest BCUT2D eigenvalue weighted by molar-refractivity contribution is 8.00. The van der Waals surface area contributed by atoms with E-state index in [2.05, 4.69) is 10.6 Å². The molecule has 2 rings (SSSR count). The van der Waals surface area contributed by atoms with Gasteiger partial charge in [0.15, 0.2) is 0 Å². The van der Waals surface area contributed by atoms with Crippen molar-refractivity contribution in [1.82, 2.24) is 5.32 Å². The maximum absolute atomic E-state index is 12.4. The summed E-state index contributed by atoms with van der Waals surface area (Å²) >= 11 is 13.5. The van der Waals surface area contributed by atoms with Gasteiger partial charge in [-0.25, -0.2) is 0 Å². The molecular formula is C19H20Cl2N2O2S. The molecule has 2 N–H and O–H groups in total. The molecule has 0 spiro atoms. The highest BCUT2D eigenvalue weighted by atomic mass is 35.5. The summed E-state index contributed by atoms with van der Waals surface area (Å²) in [4.78, 5) is 25.3. The lowest BCUT2D eigenvalue weighted by molar-refractivity contribution is -0.115. The third-order valence-electron chi connectivity index (χ3n) is 3.51. The number of thioether (sulfide) groups is 1. The summed E-state index contributed by atoms with van der Waals surface area (Å²) in [5, 5.41) is 6.25. The van der Waals surface area contributed by atoms with Crippen molar-refractivity contribution in [2.75, 3.05) is 11.9 Å². The molecule has 0 aliphatic carbocycles. The van der Waals surface area contributed by atoms with Gasteiger partial charge in [0.25, 0.3) is 5.91 Å². The van der Waals surface area contributed by atoms with Crippen LogP contribution in [0.4, 0.5) is 5.69 Å². The number of carbonyl (C=O) groups is 2. The summed E-state index contributed by atoms with van der Waals surface area (Å²) in [7, 11) is 0. The Bertz CT molecular complexity index is 782. The van der Waals surface area contributed by atoms with Gasteiger partial charge in [-0.1, -0.05) is 30.1 Å². The van der Waals surface area contributed by atoms with Crippen LogP contribution in [0.1, 0.15) is 30.6 Å². The third kappa shape index (κ3) is 5.94. The number of amides is 2. The van der Waals surface area contributed by atoms with Crippen LogP contribution in [-0.4, -0.2) is 23.6 Å². The first-order chi connectivity index (χ1) is 12.4. The molecule has 7 heteroatoms. The Hall–Kier alpha value is -1.69. The summed E-state index contributed by atoms with van der Waals surface area (Å²) in [5.41, 5.74) is 0.942. The Morgan fingerprint density at radius 2 is 1.81 bits per heavy atom. The fraction of sp³-hybridized carbons (Fsp3) is 0.263. The number of anilines is 1. The van der Waals surface area contributed by atoms with Crippen LogP contribution >= 0.6 is 35.0 Å². The first kappa shape index (κ1) is 20.6. The minimum atomic E-state index is -0.303. The highest BCUT2D eigenvalue weighted by Crippen LogP contribution is 2.26. The summed E-state index contributed by atoms with van der Waals surface area (Å²) in [5.74, 6) is -0.370. The third-order valence-corrected chi connectivity index (χ3v) is 5.19. The van der Waals surface area contributed by atoms with E-state index in [4.69, 9.17) is 23.2 Å². The fourth-order valence-corrected chi connectivity index (χ4v) is 3.39. The molecule has 0 aromatic heterocycles. The Morgan fingerprint density at radius 1 is 1.12 bits per heavy atom. The number of rotatable bonds is 7. The largest absolute Gasteiger partial charge is 0.352 e. The van der Waals surface area contributed by atoms with Crippen molar-refractivity contribution in [3.05, 3.63) is 58.1 Å². The standard InChI is InChI=1S/C19H20Cl2N2O2S/c1-3-10-22-19(25)16-9-6-14(11-17(16)21)23-18(24)12(2)26-15-7-4-13(20)5-8-15/h4-9,11-12H,3,10H2,1-2H3,(H,22,25)(H,23,24). The predicted octanol–water partition coefficient (Wildman–Crippen LogP) is 5.25. The minimum Gasteiger partial charge on any atom is -0.352 e. The molecule has 0 heterocycles. The monoisotopic (exact) mass is 410 g/mol. The first-order valence-electron chi connectivity index (χ1n) is 8.21. The van der Waals surface area contributed by atoms with Crippen LogP contribution in [-0.2, 0) is 4.79 Å². The molecule has 0 radical (unpaired) electrons. The van der Waals surface area contributed by atoms with Crippen molar-refractivity contribution in [3.8, 4) is 0 Å². The molecule has 2 amide bonds.